The van der Waals surface area contributed by atoms with Gasteiger partial charge in [0.2, 0.25) is 0 Å². The first-order valence-electron chi connectivity index (χ1n) is 5.50. The van der Waals surface area contributed by atoms with Crippen LogP contribution in [0.1, 0.15) is 22.8 Å². The van der Waals surface area contributed by atoms with Crippen molar-refractivity contribution in [1.82, 2.24) is 0 Å². The van der Waals surface area contributed by atoms with Crippen LogP contribution in [0.3, 0.4) is 0 Å². The van der Waals surface area contributed by atoms with Gasteiger partial charge in [0.15, 0.2) is 5.78 Å². The fourth-order valence-electron chi connectivity index (χ4n) is 2.03. The van der Waals surface area contributed by atoms with Gasteiger partial charge in [-0.15, -0.1) is 6.58 Å². The van der Waals surface area contributed by atoms with E-state index in [4.69, 9.17) is 0 Å². The Kier molecular flexibility index (Phi) is 2.96. The molecule has 0 amide bonds. The lowest BCUT2D eigenvalue weighted by Crippen LogP contribution is -1.96. The van der Waals surface area contributed by atoms with Crippen molar-refractivity contribution in [1.29, 1.82) is 0 Å². The molecule has 0 heterocycles. The van der Waals surface area contributed by atoms with E-state index in [2.05, 4.69) is 6.58 Å². The van der Waals surface area contributed by atoms with E-state index in [-0.39, 0.29) is 11.5 Å². The van der Waals surface area contributed by atoms with Gasteiger partial charge in [-0.1, -0.05) is 30.3 Å². The monoisotopic (exact) mass is 226 g/mol. The van der Waals surface area contributed by atoms with E-state index in [1.807, 2.05) is 24.3 Å². The lowest BCUT2D eigenvalue weighted by Gasteiger charge is -2.10. The summed E-state index contributed by atoms with van der Waals surface area (Å²) < 4.78 is 0. The van der Waals surface area contributed by atoms with Crippen LogP contribution >= 0.6 is 0 Å². The van der Waals surface area contributed by atoms with Crippen molar-refractivity contribution in [2.45, 2.75) is 13.3 Å². The smallest absolute Gasteiger partial charge is 0.163 e. The first-order chi connectivity index (χ1) is 8.15. The van der Waals surface area contributed by atoms with Gasteiger partial charge < -0.3 is 5.11 Å². The van der Waals surface area contributed by atoms with Crippen LogP contribution in [0.2, 0.25) is 0 Å². The maximum Gasteiger partial charge on any atom is 0.163 e. The molecular weight excluding hydrogens is 212 g/mol. The molecule has 1 N–H and O–H groups in total. The fraction of sp³-hybridized carbons (Fsp3) is 0.133. The van der Waals surface area contributed by atoms with Gasteiger partial charge in [0.1, 0.15) is 5.75 Å². The number of aromatic hydroxyl groups is 1. The largest absolute Gasteiger partial charge is 0.507 e. The van der Waals surface area contributed by atoms with Crippen LogP contribution in [0.4, 0.5) is 0 Å². The van der Waals surface area contributed by atoms with Crippen LogP contribution in [0.25, 0.3) is 10.8 Å². The summed E-state index contributed by atoms with van der Waals surface area (Å²) >= 11 is 0. The lowest BCUT2D eigenvalue weighted by atomic mass is 9.96. The second-order valence-electron chi connectivity index (χ2n) is 4.03. The number of benzene rings is 2. The summed E-state index contributed by atoms with van der Waals surface area (Å²) in [5, 5.41) is 11.8. The molecule has 2 heteroatoms. The molecule has 0 saturated carbocycles. The Morgan fingerprint density at radius 1 is 1.35 bits per heavy atom. The van der Waals surface area contributed by atoms with Crippen molar-refractivity contribution in [3.63, 3.8) is 0 Å². The number of carbonyl (C=O) groups excluding carboxylic acids is 1. The highest BCUT2D eigenvalue weighted by molar-refractivity contribution is 6.04. The summed E-state index contributed by atoms with van der Waals surface area (Å²) in [4.78, 5) is 11.5. The Hall–Kier alpha value is -2.09. The van der Waals surface area contributed by atoms with E-state index >= 15 is 0 Å². The SMILES string of the molecule is C=CCc1cc(C(C)=O)c(O)c2ccccc12. The molecule has 0 aliphatic heterocycles. The van der Waals surface area contributed by atoms with Crippen molar-refractivity contribution in [3.05, 3.63) is 54.1 Å². The van der Waals surface area contributed by atoms with Gasteiger partial charge in [0, 0.05) is 5.39 Å². The highest BCUT2D eigenvalue weighted by atomic mass is 16.3. The number of Topliss-reactive ketones (excluding diaryl/α,β-unsaturated/α-hetero) is 1. The zero-order valence-corrected chi connectivity index (χ0v) is 9.73. The highest BCUT2D eigenvalue weighted by Crippen LogP contribution is 2.32. The van der Waals surface area contributed by atoms with Crippen molar-refractivity contribution in [3.8, 4) is 5.75 Å². The molecule has 2 aromatic carbocycles. The third kappa shape index (κ3) is 1.94. The predicted molar refractivity (Wildman–Crippen MR) is 69.5 cm³/mol. The zero-order chi connectivity index (χ0) is 12.4. The number of ketones is 1. The van der Waals surface area contributed by atoms with Crippen LogP contribution in [-0.2, 0) is 6.42 Å². The van der Waals surface area contributed by atoms with Crippen LogP contribution in [0, 0.1) is 0 Å². The zero-order valence-electron chi connectivity index (χ0n) is 9.73. The van der Waals surface area contributed by atoms with Gasteiger partial charge in [-0.05, 0) is 30.4 Å². The number of phenols is 1. The minimum Gasteiger partial charge on any atom is -0.507 e. The maximum atomic E-state index is 11.5. The average molecular weight is 226 g/mol. The van der Waals surface area contributed by atoms with Crippen LogP contribution in [0.5, 0.6) is 5.75 Å². The topological polar surface area (TPSA) is 37.3 Å². The van der Waals surface area contributed by atoms with E-state index in [1.54, 1.807) is 12.1 Å². The van der Waals surface area contributed by atoms with Crippen molar-refractivity contribution < 1.29 is 9.90 Å². The van der Waals surface area contributed by atoms with Crippen LogP contribution in [0.15, 0.2) is 43.0 Å². The number of hydrogen-bond acceptors (Lipinski definition) is 2. The Balaban J connectivity index is 2.84. The molecule has 0 bridgehead atoms. The van der Waals surface area contributed by atoms with E-state index in [0.29, 0.717) is 12.0 Å². The summed E-state index contributed by atoms with van der Waals surface area (Å²) in [5.41, 5.74) is 1.39. The average Bonchev–Trinajstić information content (AvgIpc) is 2.33. The van der Waals surface area contributed by atoms with Crippen molar-refractivity contribution in [2.75, 3.05) is 0 Å². The van der Waals surface area contributed by atoms with Crippen LogP contribution in [-0.4, -0.2) is 10.9 Å². The molecule has 17 heavy (non-hydrogen) atoms. The summed E-state index contributed by atoms with van der Waals surface area (Å²) in [7, 11) is 0. The quantitative estimate of drug-likeness (QED) is 0.642. The second-order valence-corrected chi connectivity index (χ2v) is 4.03. The van der Waals surface area contributed by atoms with Gasteiger partial charge in [-0.3, -0.25) is 4.79 Å². The molecular formula is C15H14O2. The molecule has 0 aromatic heterocycles. The van der Waals surface area contributed by atoms with Gasteiger partial charge in [0.25, 0.3) is 0 Å². The molecule has 0 fully saturated rings. The summed E-state index contributed by atoms with van der Waals surface area (Å²) in [5.74, 6) is -0.0560. The Morgan fingerprint density at radius 2 is 2.00 bits per heavy atom. The lowest BCUT2D eigenvalue weighted by molar-refractivity contribution is 0.101. The van der Waals surface area contributed by atoms with E-state index in [1.165, 1.54) is 6.92 Å². The standard InChI is InChI=1S/C15H14O2/c1-3-6-11-9-14(10(2)16)15(17)13-8-5-4-7-12(11)13/h3-5,7-9,17H,1,6H2,2H3. The Labute approximate surface area is 100 Å². The number of fused-ring (bicyclic) bond motifs is 1. The number of phenolic OH excluding ortho intramolecular Hbond substituents is 1. The minimum atomic E-state index is -0.126. The molecule has 2 rings (SSSR count). The molecule has 0 unspecified atom stereocenters. The third-order valence-corrected chi connectivity index (χ3v) is 2.85. The normalized spacial score (nSPS) is 10.4. The molecule has 86 valence electrons. The van der Waals surface area contributed by atoms with E-state index in [9.17, 15) is 9.90 Å². The van der Waals surface area contributed by atoms with E-state index in [0.717, 1.165) is 16.3 Å². The number of hydrogen-bond donors (Lipinski definition) is 1. The Morgan fingerprint density at radius 3 is 2.59 bits per heavy atom. The van der Waals surface area contributed by atoms with Gasteiger partial charge in [0.05, 0.1) is 5.56 Å². The van der Waals surface area contributed by atoms with Crippen molar-refractivity contribution in [2.24, 2.45) is 0 Å². The highest BCUT2D eigenvalue weighted by Gasteiger charge is 2.13. The summed E-state index contributed by atoms with van der Waals surface area (Å²) in [6.07, 6.45) is 2.48. The molecule has 0 atom stereocenters. The second kappa shape index (κ2) is 4.42. The maximum absolute atomic E-state index is 11.5. The van der Waals surface area contributed by atoms with E-state index < -0.39 is 0 Å². The van der Waals surface area contributed by atoms with Gasteiger partial charge in [-0.25, -0.2) is 0 Å². The minimum absolute atomic E-state index is 0.0703. The number of rotatable bonds is 3. The number of carbonyl (C=O) groups is 1. The summed E-state index contributed by atoms with van der Waals surface area (Å²) in [6, 6.07) is 9.29. The fourth-order valence-corrected chi connectivity index (χ4v) is 2.03. The third-order valence-electron chi connectivity index (χ3n) is 2.85. The summed E-state index contributed by atoms with van der Waals surface area (Å²) in [6.45, 7) is 5.17. The first-order valence-corrected chi connectivity index (χ1v) is 5.50. The molecule has 0 saturated heterocycles. The first kappa shape index (κ1) is 11.4. The molecule has 0 spiro atoms. The molecule has 0 radical (unpaired) electrons. The van der Waals surface area contributed by atoms with Gasteiger partial charge >= 0.3 is 0 Å². The van der Waals surface area contributed by atoms with Crippen LogP contribution < -0.4 is 0 Å². The van der Waals surface area contributed by atoms with Crippen molar-refractivity contribution >= 4 is 16.6 Å². The molecule has 2 nitrogen and oxygen atoms in total. The van der Waals surface area contributed by atoms with Gasteiger partial charge in [-0.2, -0.15) is 0 Å². The molecule has 2 aromatic rings. The molecule has 0 aliphatic rings. The number of allylic oxidation sites excluding steroid dienone is 1. The Bertz CT molecular complexity index is 597. The predicted octanol–water partition coefficient (Wildman–Crippen LogP) is 3.48. The molecule has 0 aliphatic carbocycles.